The molecule has 28 heavy (non-hydrogen) atoms. The first-order chi connectivity index (χ1) is 13.4. The monoisotopic (exact) mass is 371 g/mol. The first-order valence-electron chi connectivity index (χ1n) is 9.15. The van der Waals surface area contributed by atoms with Crippen molar-refractivity contribution in [3.8, 4) is 22.5 Å². The molecule has 140 valence electrons. The predicted octanol–water partition coefficient (Wildman–Crippen LogP) is 4.40. The van der Waals surface area contributed by atoms with Gasteiger partial charge in [0.15, 0.2) is 0 Å². The zero-order valence-electron chi connectivity index (χ0n) is 15.7. The van der Waals surface area contributed by atoms with Crippen LogP contribution in [0.15, 0.2) is 65.1 Å². The van der Waals surface area contributed by atoms with Crippen LogP contribution in [0, 0.1) is 5.41 Å². The Kier molecular flexibility index (Phi) is 4.35. The van der Waals surface area contributed by atoms with Crippen LogP contribution in [0.5, 0.6) is 0 Å². The number of fused-ring (bicyclic) bond motifs is 2. The van der Waals surface area contributed by atoms with Gasteiger partial charge in [0, 0.05) is 45.9 Å². The zero-order valence-corrected chi connectivity index (χ0v) is 15.7. The second kappa shape index (κ2) is 6.85. The average molecular weight is 371 g/mol. The Morgan fingerprint density at radius 2 is 1.82 bits per heavy atom. The van der Waals surface area contributed by atoms with Gasteiger partial charge in [0.2, 0.25) is 0 Å². The standard InChI is InChI=1S/C23H21N3O2/c1-13(2)26-23(27)17-6-4-3-5-16(17)22-18-9-7-14(24)11-20(18)28-21-12-15(25)8-10-19(21)22/h3-13,24H,25H2,1-2H3,(H,26,27). The van der Waals surface area contributed by atoms with Crippen LogP contribution < -0.4 is 16.4 Å². The normalized spacial score (nSPS) is 11.2. The summed E-state index contributed by atoms with van der Waals surface area (Å²) in [6.07, 6.45) is 0. The average Bonchev–Trinajstić information content (AvgIpc) is 2.65. The van der Waals surface area contributed by atoms with Crippen LogP contribution in [0.1, 0.15) is 24.2 Å². The third-order valence-electron chi connectivity index (χ3n) is 4.61. The molecule has 5 heteroatoms. The summed E-state index contributed by atoms with van der Waals surface area (Å²) in [6, 6.07) is 18.3. The van der Waals surface area contributed by atoms with Crippen molar-refractivity contribution in [2.24, 2.45) is 0 Å². The lowest BCUT2D eigenvalue weighted by Crippen LogP contribution is -2.30. The minimum Gasteiger partial charge on any atom is -0.456 e. The molecule has 0 saturated carbocycles. The minimum atomic E-state index is -0.125. The summed E-state index contributed by atoms with van der Waals surface area (Å²) in [5, 5.41) is 12.1. The van der Waals surface area contributed by atoms with Gasteiger partial charge in [0.1, 0.15) is 11.3 Å². The lowest BCUT2D eigenvalue weighted by Gasteiger charge is -2.18. The molecule has 0 atom stereocenters. The Labute approximate surface area is 162 Å². The van der Waals surface area contributed by atoms with E-state index in [1.54, 1.807) is 18.2 Å². The number of nitrogens with two attached hydrogens (primary N) is 1. The number of carbonyl (C=O) groups excluding carboxylic acids is 1. The van der Waals surface area contributed by atoms with Crippen molar-refractivity contribution in [3.05, 3.63) is 71.6 Å². The SMILES string of the molecule is CC(C)NC(=O)c1ccccc1-c1c2ccc(=N)cc-2oc2cc(N)ccc12. The molecule has 2 aliphatic rings. The number of carbonyl (C=O) groups is 1. The highest BCUT2D eigenvalue weighted by atomic mass is 16.3. The van der Waals surface area contributed by atoms with E-state index in [1.165, 1.54) is 0 Å². The summed E-state index contributed by atoms with van der Waals surface area (Å²) in [5.74, 6) is 0.458. The molecule has 0 bridgehead atoms. The molecule has 4 rings (SSSR count). The summed E-state index contributed by atoms with van der Waals surface area (Å²) in [5.41, 5.74) is 10.3. The molecule has 0 aromatic heterocycles. The van der Waals surface area contributed by atoms with Crippen LogP contribution in [-0.2, 0) is 0 Å². The fourth-order valence-electron chi connectivity index (χ4n) is 3.44. The summed E-state index contributed by atoms with van der Waals surface area (Å²) >= 11 is 0. The maximum atomic E-state index is 12.8. The van der Waals surface area contributed by atoms with Gasteiger partial charge in [-0.15, -0.1) is 0 Å². The summed E-state index contributed by atoms with van der Waals surface area (Å²) < 4.78 is 6.03. The molecule has 5 nitrogen and oxygen atoms in total. The molecule has 4 N–H and O–H groups in total. The highest BCUT2D eigenvalue weighted by Crippen LogP contribution is 2.41. The van der Waals surface area contributed by atoms with E-state index < -0.39 is 0 Å². The van der Waals surface area contributed by atoms with Crippen molar-refractivity contribution >= 4 is 22.6 Å². The van der Waals surface area contributed by atoms with E-state index in [0.717, 1.165) is 22.1 Å². The van der Waals surface area contributed by atoms with Crippen molar-refractivity contribution in [3.63, 3.8) is 0 Å². The third kappa shape index (κ3) is 3.11. The van der Waals surface area contributed by atoms with Crippen molar-refractivity contribution < 1.29 is 9.21 Å². The Morgan fingerprint density at radius 1 is 1.04 bits per heavy atom. The fourth-order valence-corrected chi connectivity index (χ4v) is 3.44. The molecule has 2 aromatic carbocycles. The summed E-state index contributed by atoms with van der Waals surface area (Å²) in [6.45, 7) is 3.87. The van der Waals surface area contributed by atoms with Crippen LogP contribution in [0.2, 0.25) is 0 Å². The number of hydrogen-bond donors (Lipinski definition) is 3. The van der Waals surface area contributed by atoms with Crippen molar-refractivity contribution in [1.29, 1.82) is 5.41 Å². The topological polar surface area (TPSA) is 92.1 Å². The number of hydrogen-bond acceptors (Lipinski definition) is 4. The largest absolute Gasteiger partial charge is 0.456 e. The molecule has 2 aromatic rings. The van der Waals surface area contributed by atoms with Crippen LogP contribution in [0.25, 0.3) is 33.4 Å². The molecule has 1 amide bonds. The number of amides is 1. The molecule has 0 saturated heterocycles. The number of rotatable bonds is 3. The van der Waals surface area contributed by atoms with Gasteiger partial charge in [-0.3, -0.25) is 4.79 Å². The molecule has 0 spiro atoms. The van der Waals surface area contributed by atoms with Gasteiger partial charge in [-0.2, -0.15) is 0 Å². The summed E-state index contributed by atoms with van der Waals surface area (Å²) in [7, 11) is 0. The minimum absolute atomic E-state index is 0.0329. The summed E-state index contributed by atoms with van der Waals surface area (Å²) in [4.78, 5) is 12.8. The van der Waals surface area contributed by atoms with Gasteiger partial charge in [-0.25, -0.2) is 0 Å². The van der Waals surface area contributed by atoms with E-state index >= 15 is 0 Å². The second-order valence-electron chi connectivity index (χ2n) is 7.12. The first kappa shape index (κ1) is 17.8. The first-order valence-corrected chi connectivity index (χ1v) is 9.15. The maximum Gasteiger partial charge on any atom is 0.252 e. The lowest BCUT2D eigenvalue weighted by molar-refractivity contribution is 0.0944. The second-order valence-corrected chi connectivity index (χ2v) is 7.12. The highest BCUT2D eigenvalue weighted by Gasteiger charge is 2.21. The van der Waals surface area contributed by atoms with E-state index in [0.29, 0.717) is 28.0 Å². The molecular formula is C23H21N3O2. The third-order valence-corrected chi connectivity index (χ3v) is 4.61. The van der Waals surface area contributed by atoms with Gasteiger partial charge in [0.25, 0.3) is 5.91 Å². The van der Waals surface area contributed by atoms with Gasteiger partial charge in [-0.1, -0.05) is 18.2 Å². The maximum absolute atomic E-state index is 12.8. The molecule has 0 fully saturated rings. The van der Waals surface area contributed by atoms with E-state index in [1.807, 2.05) is 56.3 Å². The van der Waals surface area contributed by atoms with Crippen LogP contribution >= 0.6 is 0 Å². The Morgan fingerprint density at radius 3 is 2.61 bits per heavy atom. The van der Waals surface area contributed by atoms with Crippen LogP contribution in [0.3, 0.4) is 0 Å². The quantitative estimate of drug-likeness (QED) is 0.368. The molecule has 1 heterocycles. The van der Waals surface area contributed by atoms with Crippen molar-refractivity contribution in [2.75, 3.05) is 5.73 Å². The molecule has 0 radical (unpaired) electrons. The smallest absolute Gasteiger partial charge is 0.252 e. The van der Waals surface area contributed by atoms with E-state index in [2.05, 4.69) is 5.32 Å². The van der Waals surface area contributed by atoms with Gasteiger partial charge in [0.05, 0.1) is 5.36 Å². The zero-order chi connectivity index (χ0) is 19.8. The lowest BCUT2D eigenvalue weighted by atomic mass is 9.90. The van der Waals surface area contributed by atoms with Crippen molar-refractivity contribution in [2.45, 2.75) is 19.9 Å². The molecule has 0 unspecified atom stereocenters. The van der Waals surface area contributed by atoms with Crippen LogP contribution in [-0.4, -0.2) is 11.9 Å². The predicted molar refractivity (Wildman–Crippen MR) is 111 cm³/mol. The van der Waals surface area contributed by atoms with Gasteiger partial charge >= 0.3 is 0 Å². The highest BCUT2D eigenvalue weighted by molar-refractivity contribution is 6.09. The Bertz CT molecular complexity index is 1220. The van der Waals surface area contributed by atoms with E-state index in [-0.39, 0.29) is 11.9 Å². The van der Waals surface area contributed by atoms with Gasteiger partial charge < -0.3 is 20.9 Å². The number of nitrogen functional groups attached to an aromatic ring is 1. The van der Waals surface area contributed by atoms with Gasteiger partial charge in [-0.05, 0) is 49.7 Å². The molecule has 1 aliphatic heterocycles. The fraction of sp³-hybridized carbons (Fsp3) is 0.130. The Balaban J connectivity index is 2.09. The Hall–Kier alpha value is -3.60. The molecule has 1 aliphatic carbocycles. The van der Waals surface area contributed by atoms with E-state index in [4.69, 9.17) is 15.6 Å². The van der Waals surface area contributed by atoms with Crippen molar-refractivity contribution in [1.82, 2.24) is 5.32 Å². The van der Waals surface area contributed by atoms with Crippen LogP contribution in [0.4, 0.5) is 5.69 Å². The van der Waals surface area contributed by atoms with E-state index in [9.17, 15) is 4.79 Å². The molecular weight excluding hydrogens is 350 g/mol. The number of nitrogens with one attached hydrogen (secondary N) is 2. The number of anilines is 1. The number of benzene rings is 3.